The van der Waals surface area contributed by atoms with Gasteiger partial charge in [-0.1, -0.05) is 36.4 Å². The van der Waals surface area contributed by atoms with Crippen LogP contribution in [0, 0.1) is 0 Å². The highest BCUT2D eigenvalue weighted by Crippen LogP contribution is 2.27. The monoisotopic (exact) mass is 449 g/mol. The number of phenolic OH excluding ortho intramolecular Hbond substituents is 1. The first-order valence-corrected chi connectivity index (χ1v) is 10.4. The molecule has 0 aliphatic heterocycles. The van der Waals surface area contributed by atoms with Gasteiger partial charge in [0, 0.05) is 30.4 Å². The van der Waals surface area contributed by atoms with Crippen molar-refractivity contribution in [3.8, 4) is 5.75 Å². The van der Waals surface area contributed by atoms with Crippen molar-refractivity contribution < 1.29 is 29.3 Å². The largest absolute Gasteiger partial charge is 0.507 e. The fourth-order valence-corrected chi connectivity index (χ4v) is 3.19. The molecule has 7 nitrogen and oxygen atoms in total. The van der Waals surface area contributed by atoms with Crippen LogP contribution in [-0.2, 0) is 4.74 Å². The van der Waals surface area contributed by atoms with Gasteiger partial charge in [-0.3, -0.25) is 4.79 Å². The molecule has 7 heteroatoms. The van der Waals surface area contributed by atoms with Crippen molar-refractivity contribution in [1.29, 1.82) is 0 Å². The van der Waals surface area contributed by atoms with E-state index in [9.17, 15) is 19.5 Å². The van der Waals surface area contributed by atoms with Crippen LogP contribution in [0.4, 0.5) is 5.69 Å². The van der Waals surface area contributed by atoms with Crippen molar-refractivity contribution in [3.63, 3.8) is 0 Å². The molecule has 0 unspecified atom stereocenters. The SMILES string of the molecule is CCN(CC)c1ccc(C(=O)c2ccccc2C(=O)OC)c(O)c1.O=C(O)c1ccccc1. The first-order valence-electron chi connectivity index (χ1n) is 10.4. The van der Waals surface area contributed by atoms with Crippen molar-refractivity contribution in [2.24, 2.45) is 0 Å². The zero-order valence-corrected chi connectivity index (χ0v) is 18.8. The van der Waals surface area contributed by atoms with Crippen LogP contribution in [0.3, 0.4) is 0 Å². The molecule has 0 bridgehead atoms. The molecule has 0 heterocycles. The van der Waals surface area contributed by atoms with Crippen molar-refractivity contribution >= 4 is 23.4 Å². The Morgan fingerprint density at radius 1 is 0.818 bits per heavy atom. The summed E-state index contributed by atoms with van der Waals surface area (Å²) in [5.41, 5.74) is 1.71. The van der Waals surface area contributed by atoms with Crippen LogP contribution in [0.2, 0.25) is 0 Å². The van der Waals surface area contributed by atoms with E-state index in [1.54, 1.807) is 66.7 Å². The fourth-order valence-electron chi connectivity index (χ4n) is 3.19. The Balaban J connectivity index is 0.000000357. The number of ketones is 1. The first kappa shape index (κ1) is 25.1. The molecule has 0 fully saturated rings. The molecule has 2 N–H and O–H groups in total. The Kier molecular flexibility index (Phi) is 9.17. The van der Waals surface area contributed by atoms with Gasteiger partial charge in [0.15, 0.2) is 5.78 Å². The smallest absolute Gasteiger partial charge is 0.338 e. The molecular formula is C26H27NO6. The van der Waals surface area contributed by atoms with E-state index < -0.39 is 17.7 Å². The molecule has 172 valence electrons. The molecule has 0 amide bonds. The molecular weight excluding hydrogens is 422 g/mol. The minimum atomic E-state index is -0.879. The number of carboxylic acids is 1. The maximum absolute atomic E-state index is 12.7. The zero-order chi connectivity index (χ0) is 24.4. The van der Waals surface area contributed by atoms with Gasteiger partial charge in [-0.2, -0.15) is 0 Å². The Morgan fingerprint density at radius 2 is 1.39 bits per heavy atom. The lowest BCUT2D eigenvalue weighted by molar-refractivity contribution is 0.0596. The van der Waals surface area contributed by atoms with Crippen LogP contribution in [0.25, 0.3) is 0 Å². The molecule has 33 heavy (non-hydrogen) atoms. The summed E-state index contributed by atoms with van der Waals surface area (Å²) in [7, 11) is 1.26. The number of phenols is 1. The molecule has 3 aromatic rings. The van der Waals surface area contributed by atoms with E-state index in [0.29, 0.717) is 5.56 Å². The summed E-state index contributed by atoms with van der Waals surface area (Å²) in [6, 6.07) is 19.6. The zero-order valence-electron chi connectivity index (χ0n) is 18.8. The summed E-state index contributed by atoms with van der Waals surface area (Å²) in [6.07, 6.45) is 0. The normalized spacial score (nSPS) is 9.91. The number of carboxylic acid groups (broad SMARTS) is 1. The van der Waals surface area contributed by atoms with E-state index in [4.69, 9.17) is 9.84 Å². The second-order valence-electron chi connectivity index (χ2n) is 6.91. The average Bonchev–Trinajstić information content (AvgIpc) is 2.85. The number of rotatable bonds is 7. The third kappa shape index (κ3) is 6.43. The van der Waals surface area contributed by atoms with Crippen molar-refractivity contribution in [2.45, 2.75) is 13.8 Å². The number of carbonyl (C=O) groups excluding carboxylic acids is 2. The molecule has 0 saturated heterocycles. The predicted octanol–water partition coefficient (Wildman–Crippen LogP) is 4.64. The van der Waals surface area contributed by atoms with Gasteiger partial charge in [0.1, 0.15) is 5.75 Å². The maximum atomic E-state index is 12.7. The Morgan fingerprint density at radius 3 is 1.88 bits per heavy atom. The number of anilines is 1. The summed E-state index contributed by atoms with van der Waals surface area (Å²) in [6.45, 7) is 5.64. The number of carbonyl (C=O) groups is 3. The summed E-state index contributed by atoms with van der Waals surface area (Å²) in [4.78, 5) is 36.8. The summed E-state index contributed by atoms with van der Waals surface area (Å²) in [5, 5.41) is 18.7. The van der Waals surface area contributed by atoms with Crippen LogP contribution in [0.15, 0.2) is 72.8 Å². The minimum absolute atomic E-state index is 0.107. The molecule has 0 aliphatic rings. The molecule has 0 spiro atoms. The highest BCUT2D eigenvalue weighted by molar-refractivity contribution is 6.15. The first-order chi connectivity index (χ1) is 15.8. The number of ether oxygens (including phenoxy) is 1. The lowest BCUT2D eigenvalue weighted by atomic mass is 9.97. The van der Waals surface area contributed by atoms with Crippen LogP contribution in [0.5, 0.6) is 5.75 Å². The Hall–Kier alpha value is -4.13. The van der Waals surface area contributed by atoms with Crippen molar-refractivity contribution in [2.75, 3.05) is 25.1 Å². The second-order valence-corrected chi connectivity index (χ2v) is 6.91. The van der Waals surface area contributed by atoms with Gasteiger partial charge in [0.05, 0.1) is 23.8 Å². The number of hydrogen-bond donors (Lipinski definition) is 2. The van der Waals surface area contributed by atoms with E-state index in [1.807, 2.05) is 13.8 Å². The van der Waals surface area contributed by atoms with Gasteiger partial charge in [-0.05, 0) is 44.2 Å². The Bertz CT molecular complexity index is 1110. The second kappa shape index (κ2) is 12.0. The lowest BCUT2D eigenvalue weighted by Gasteiger charge is -2.21. The number of esters is 1. The number of aromatic hydroxyl groups is 1. The molecule has 0 aromatic heterocycles. The third-order valence-electron chi connectivity index (χ3n) is 4.95. The van der Waals surface area contributed by atoms with E-state index in [2.05, 4.69) is 4.90 Å². The van der Waals surface area contributed by atoms with Crippen LogP contribution in [0.1, 0.15) is 50.5 Å². The summed E-state index contributed by atoms with van der Waals surface area (Å²) >= 11 is 0. The number of methoxy groups -OCH3 is 1. The topological polar surface area (TPSA) is 104 Å². The van der Waals surface area contributed by atoms with Gasteiger partial charge in [0.2, 0.25) is 0 Å². The average molecular weight is 450 g/mol. The number of aromatic carboxylic acids is 1. The molecule has 0 radical (unpaired) electrons. The van der Waals surface area contributed by atoms with Crippen LogP contribution >= 0.6 is 0 Å². The lowest BCUT2D eigenvalue weighted by Crippen LogP contribution is -2.21. The quantitative estimate of drug-likeness (QED) is 0.400. The standard InChI is InChI=1S/C19H21NO4.C7H6O2/c1-4-20(5-2)13-10-11-16(17(21)12-13)18(22)14-8-6-7-9-15(14)19(23)24-3;8-7(9)6-4-2-1-3-5-6/h6-12,21H,4-5H2,1-3H3;1-5H,(H,8,9). The van der Waals surface area contributed by atoms with Crippen LogP contribution < -0.4 is 4.90 Å². The minimum Gasteiger partial charge on any atom is -0.507 e. The number of hydrogen-bond acceptors (Lipinski definition) is 6. The molecule has 3 rings (SSSR count). The highest BCUT2D eigenvalue weighted by atomic mass is 16.5. The number of nitrogens with zero attached hydrogens (tertiary/aromatic N) is 1. The van der Waals surface area contributed by atoms with Gasteiger partial charge in [0.25, 0.3) is 0 Å². The number of benzene rings is 3. The van der Waals surface area contributed by atoms with E-state index in [1.165, 1.54) is 13.2 Å². The van der Waals surface area contributed by atoms with Crippen LogP contribution in [-0.4, -0.2) is 48.1 Å². The van der Waals surface area contributed by atoms with Gasteiger partial charge in [-0.15, -0.1) is 0 Å². The summed E-state index contributed by atoms with van der Waals surface area (Å²) in [5.74, 6) is -1.99. The molecule has 3 aromatic carbocycles. The molecule has 0 saturated carbocycles. The van der Waals surface area contributed by atoms with Crippen molar-refractivity contribution in [3.05, 3.63) is 95.1 Å². The highest BCUT2D eigenvalue weighted by Gasteiger charge is 2.21. The predicted molar refractivity (Wildman–Crippen MR) is 126 cm³/mol. The van der Waals surface area contributed by atoms with Crippen molar-refractivity contribution in [1.82, 2.24) is 0 Å². The van der Waals surface area contributed by atoms with Gasteiger partial charge in [-0.25, -0.2) is 9.59 Å². The van der Waals surface area contributed by atoms with E-state index >= 15 is 0 Å². The molecule has 0 atom stereocenters. The maximum Gasteiger partial charge on any atom is 0.338 e. The van der Waals surface area contributed by atoms with Gasteiger partial charge >= 0.3 is 11.9 Å². The fraction of sp³-hybridized carbons (Fsp3) is 0.192. The third-order valence-corrected chi connectivity index (χ3v) is 4.95. The van der Waals surface area contributed by atoms with E-state index in [0.717, 1.165) is 18.8 Å². The van der Waals surface area contributed by atoms with E-state index in [-0.39, 0.29) is 22.4 Å². The Labute approximate surface area is 192 Å². The van der Waals surface area contributed by atoms with Gasteiger partial charge < -0.3 is 19.8 Å². The molecule has 0 aliphatic carbocycles. The summed E-state index contributed by atoms with van der Waals surface area (Å²) < 4.78 is 4.71.